The van der Waals surface area contributed by atoms with E-state index in [2.05, 4.69) is 11.9 Å². The van der Waals surface area contributed by atoms with Crippen molar-refractivity contribution in [1.82, 2.24) is 10.2 Å². The van der Waals surface area contributed by atoms with Crippen LogP contribution in [0.4, 0.5) is 4.79 Å². The first-order valence-electron chi connectivity index (χ1n) is 5.38. The van der Waals surface area contributed by atoms with E-state index in [9.17, 15) is 15.0 Å². The van der Waals surface area contributed by atoms with Gasteiger partial charge in [0.25, 0.3) is 0 Å². The van der Waals surface area contributed by atoms with Gasteiger partial charge in [-0.15, -0.1) is 0 Å². The maximum absolute atomic E-state index is 11.8. The number of carbonyl (C=O) groups excluding carboxylic acids is 1. The Bertz CT molecular complexity index is 393. The zero-order chi connectivity index (χ0) is 12.6. The highest BCUT2D eigenvalue weighted by Gasteiger charge is 2.49. The van der Waals surface area contributed by atoms with Gasteiger partial charge in [0.15, 0.2) is 5.72 Å². The molecule has 2 aliphatic rings. The quantitative estimate of drug-likeness (QED) is 0.622. The summed E-state index contributed by atoms with van der Waals surface area (Å²) in [7, 11) is 0. The second kappa shape index (κ2) is 4.14. The molecule has 0 radical (unpaired) electrons. The van der Waals surface area contributed by atoms with Gasteiger partial charge in [-0.05, 0) is 12.5 Å². The van der Waals surface area contributed by atoms with Crippen LogP contribution < -0.4 is 5.32 Å². The molecule has 94 valence electrons. The lowest BCUT2D eigenvalue weighted by atomic mass is 9.98. The Kier molecular flexibility index (Phi) is 2.94. The Balaban J connectivity index is 2.33. The van der Waals surface area contributed by atoms with Crippen LogP contribution >= 0.6 is 0 Å². The van der Waals surface area contributed by atoms with Crippen molar-refractivity contribution < 1.29 is 19.7 Å². The van der Waals surface area contributed by atoms with Gasteiger partial charge in [0, 0.05) is 11.9 Å². The summed E-state index contributed by atoms with van der Waals surface area (Å²) in [6.07, 6.45) is 1.53. The maximum Gasteiger partial charge on any atom is 0.328 e. The Morgan fingerprint density at radius 1 is 1.76 bits per heavy atom. The molecule has 0 saturated carbocycles. The van der Waals surface area contributed by atoms with Crippen LogP contribution in [0.25, 0.3) is 0 Å². The van der Waals surface area contributed by atoms with E-state index in [1.54, 1.807) is 6.92 Å². The van der Waals surface area contributed by atoms with Gasteiger partial charge in [-0.25, -0.2) is 4.79 Å². The molecule has 17 heavy (non-hydrogen) atoms. The van der Waals surface area contributed by atoms with Crippen LogP contribution in [0.5, 0.6) is 0 Å². The third-order valence-electron chi connectivity index (χ3n) is 3.20. The van der Waals surface area contributed by atoms with Crippen LogP contribution in [0.1, 0.15) is 6.92 Å². The Hall–Kier alpha value is -1.37. The van der Waals surface area contributed by atoms with Crippen LogP contribution in [0.2, 0.25) is 0 Å². The van der Waals surface area contributed by atoms with Crippen LogP contribution in [-0.2, 0) is 4.74 Å². The zero-order valence-electron chi connectivity index (χ0n) is 9.64. The number of rotatable bonds is 2. The molecule has 2 heterocycles. The number of carbonyl (C=O) groups is 1. The summed E-state index contributed by atoms with van der Waals surface area (Å²) in [5.41, 5.74) is -0.239. The SMILES string of the molecule is C=C1NC(=O)N([C@@]2(O)COC[C@@H]2CO)C=C1C. The van der Waals surface area contributed by atoms with Gasteiger partial charge in [0.05, 0.1) is 25.7 Å². The van der Waals surface area contributed by atoms with E-state index < -0.39 is 17.7 Å². The molecule has 0 aromatic rings. The third kappa shape index (κ3) is 1.84. The van der Waals surface area contributed by atoms with Gasteiger partial charge >= 0.3 is 6.03 Å². The fraction of sp³-hybridized carbons (Fsp3) is 0.545. The van der Waals surface area contributed by atoms with Crippen molar-refractivity contribution in [2.75, 3.05) is 19.8 Å². The summed E-state index contributed by atoms with van der Waals surface area (Å²) in [5, 5.41) is 22.2. The molecule has 3 N–H and O–H groups in total. The Morgan fingerprint density at radius 2 is 2.47 bits per heavy atom. The standard InChI is InChI=1S/C11H16N2O4/c1-7-3-13(10(15)12-8(7)2)11(16)6-17-5-9(11)4-14/h3,9,14,16H,2,4-6H2,1H3,(H,12,15)/t9-,11+/m0/s1. The number of hydrogen-bond acceptors (Lipinski definition) is 4. The number of aliphatic hydroxyl groups excluding tert-OH is 1. The first-order chi connectivity index (χ1) is 7.99. The Labute approximate surface area is 99.2 Å². The van der Waals surface area contributed by atoms with Crippen molar-refractivity contribution in [3.8, 4) is 0 Å². The number of allylic oxidation sites excluding steroid dienone is 1. The van der Waals surface area contributed by atoms with Crippen molar-refractivity contribution in [2.24, 2.45) is 5.92 Å². The van der Waals surface area contributed by atoms with Crippen LogP contribution in [0.15, 0.2) is 24.0 Å². The summed E-state index contributed by atoms with van der Waals surface area (Å²) < 4.78 is 5.14. The number of nitrogens with one attached hydrogen (secondary N) is 1. The minimum Gasteiger partial charge on any atom is -0.396 e. The van der Waals surface area contributed by atoms with E-state index >= 15 is 0 Å². The molecule has 0 unspecified atom stereocenters. The van der Waals surface area contributed by atoms with Crippen molar-refractivity contribution in [3.05, 3.63) is 24.0 Å². The molecule has 2 aliphatic heterocycles. The second-order valence-electron chi connectivity index (χ2n) is 4.36. The highest BCUT2D eigenvalue weighted by atomic mass is 16.5. The smallest absolute Gasteiger partial charge is 0.328 e. The number of hydrogen-bond donors (Lipinski definition) is 3. The first-order valence-corrected chi connectivity index (χ1v) is 5.38. The van der Waals surface area contributed by atoms with Gasteiger partial charge in [-0.3, -0.25) is 4.90 Å². The summed E-state index contributed by atoms with van der Waals surface area (Å²) in [5.74, 6) is -0.510. The molecule has 0 spiro atoms. The highest BCUT2D eigenvalue weighted by Crippen LogP contribution is 2.31. The van der Waals surface area contributed by atoms with Gasteiger partial charge in [-0.2, -0.15) is 0 Å². The zero-order valence-corrected chi connectivity index (χ0v) is 9.64. The van der Waals surface area contributed by atoms with Crippen LogP contribution in [-0.4, -0.2) is 46.7 Å². The molecule has 6 heteroatoms. The van der Waals surface area contributed by atoms with E-state index in [-0.39, 0.29) is 19.8 Å². The number of aliphatic hydroxyl groups is 2. The molecule has 0 aromatic carbocycles. The lowest BCUT2D eigenvalue weighted by Gasteiger charge is -2.39. The summed E-state index contributed by atoms with van der Waals surface area (Å²) in [6, 6.07) is -0.466. The van der Waals surface area contributed by atoms with Crippen molar-refractivity contribution >= 4 is 6.03 Å². The van der Waals surface area contributed by atoms with Gasteiger partial charge in [0.2, 0.25) is 0 Å². The number of urea groups is 1. The van der Waals surface area contributed by atoms with Gasteiger partial charge in [-0.1, -0.05) is 6.58 Å². The van der Waals surface area contributed by atoms with Crippen LogP contribution in [0.3, 0.4) is 0 Å². The van der Waals surface area contributed by atoms with Crippen LogP contribution in [0, 0.1) is 5.92 Å². The average molecular weight is 240 g/mol. The first kappa shape index (κ1) is 12.1. The summed E-state index contributed by atoms with van der Waals surface area (Å²) in [4.78, 5) is 13.0. The fourth-order valence-corrected chi connectivity index (χ4v) is 1.97. The van der Waals surface area contributed by atoms with Crippen molar-refractivity contribution in [2.45, 2.75) is 12.6 Å². The molecule has 2 rings (SSSR count). The number of ether oxygens (including phenoxy) is 1. The van der Waals surface area contributed by atoms with E-state index in [1.165, 1.54) is 11.1 Å². The monoisotopic (exact) mass is 240 g/mol. The third-order valence-corrected chi connectivity index (χ3v) is 3.20. The summed E-state index contributed by atoms with van der Waals surface area (Å²) in [6.45, 7) is 5.43. The van der Waals surface area contributed by atoms with Crippen molar-refractivity contribution in [3.63, 3.8) is 0 Å². The predicted molar refractivity (Wildman–Crippen MR) is 59.6 cm³/mol. The molecule has 1 saturated heterocycles. The number of amides is 2. The lowest BCUT2D eigenvalue weighted by Crippen LogP contribution is -2.58. The van der Waals surface area contributed by atoms with Gasteiger partial charge in [0.1, 0.15) is 0 Å². The molecule has 1 fully saturated rings. The normalized spacial score (nSPS) is 33.7. The average Bonchev–Trinajstić information content (AvgIpc) is 2.66. The molecule has 0 bridgehead atoms. The Morgan fingerprint density at radius 3 is 3.12 bits per heavy atom. The maximum atomic E-state index is 11.8. The van der Waals surface area contributed by atoms with E-state index in [0.29, 0.717) is 5.70 Å². The minimum atomic E-state index is -1.50. The highest BCUT2D eigenvalue weighted by molar-refractivity contribution is 5.80. The molecule has 6 nitrogen and oxygen atoms in total. The predicted octanol–water partition coefficient (Wildman–Crippen LogP) is -0.244. The second-order valence-corrected chi connectivity index (χ2v) is 4.36. The fourth-order valence-electron chi connectivity index (χ4n) is 1.97. The topological polar surface area (TPSA) is 82.0 Å². The van der Waals surface area contributed by atoms with Crippen molar-refractivity contribution in [1.29, 1.82) is 0 Å². The molecule has 0 aromatic heterocycles. The van der Waals surface area contributed by atoms with E-state index in [0.717, 1.165) is 5.57 Å². The number of nitrogens with zero attached hydrogens (tertiary/aromatic N) is 1. The molecule has 2 amide bonds. The lowest BCUT2D eigenvalue weighted by molar-refractivity contribution is -0.0979. The molecule has 2 atom stereocenters. The summed E-state index contributed by atoms with van der Waals surface area (Å²) >= 11 is 0. The van der Waals surface area contributed by atoms with E-state index in [1.807, 2.05) is 0 Å². The molecular formula is C11H16N2O4. The largest absolute Gasteiger partial charge is 0.396 e. The molecular weight excluding hydrogens is 224 g/mol. The van der Waals surface area contributed by atoms with Gasteiger partial charge < -0.3 is 20.3 Å². The van der Waals surface area contributed by atoms with E-state index in [4.69, 9.17) is 4.74 Å². The minimum absolute atomic E-state index is 0.0120. The molecule has 0 aliphatic carbocycles.